The van der Waals surface area contributed by atoms with E-state index in [1.165, 1.54) is 31.4 Å². The van der Waals surface area contributed by atoms with Crippen molar-refractivity contribution < 1.29 is 0 Å². The molecule has 3 heteroatoms. The molecule has 3 nitrogen and oxygen atoms in total. The van der Waals surface area contributed by atoms with Crippen LogP contribution < -0.4 is 5.32 Å². The third-order valence-corrected chi connectivity index (χ3v) is 3.61. The average Bonchev–Trinajstić information content (AvgIpc) is 2.85. The molecule has 0 saturated heterocycles. The third kappa shape index (κ3) is 2.97. The van der Waals surface area contributed by atoms with Crippen molar-refractivity contribution in [2.24, 2.45) is 0 Å². The number of nitrogens with zero attached hydrogens (tertiary/aromatic N) is 2. The number of hydrogen-bond acceptors (Lipinski definition) is 2. The van der Waals surface area contributed by atoms with E-state index in [2.05, 4.69) is 34.2 Å². The van der Waals surface area contributed by atoms with Crippen LogP contribution in [0.1, 0.15) is 50.8 Å². The van der Waals surface area contributed by atoms with Crippen molar-refractivity contribution in [3.05, 3.63) is 29.6 Å². The second-order valence-electron chi connectivity index (χ2n) is 4.73. The van der Waals surface area contributed by atoms with E-state index < -0.39 is 0 Å². The van der Waals surface area contributed by atoms with Crippen LogP contribution in [-0.4, -0.2) is 16.8 Å². The van der Waals surface area contributed by atoms with Gasteiger partial charge in [-0.25, -0.2) is 0 Å². The van der Waals surface area contributed by atoms with Crippen LogP contribution in [0.5, 0.6) is 0 Å². The first-order valence-corrected chi connectivity index (χ1v) is 6.72. The SMILES string of the molecule is CCn1nccc1C(CC1=CCCCC1)NC. The highest BCUT2D eigenvalue weighted by Gasteiger charge is 2.16. The minimum Gasteiger partial charge on any atom is -0.311 e. The van der Waals surface area contributed by atoms with Crippen molar-refractivity contribution in [3.8, 4) is 0 Å². The van der Waals surface area contributed by atoms with Crippen LogP contribution in [0, 0.1) is 0 Å². The molecule has 1 aromatic heterocycles. The minimum atomic E-state index is 0.404. The molecule has 0 radical (unpaired) electrons. The van der Waals surface area contributed by atoms with Gasteiger partial charge < -0.3 is 5.32 Å². The van der Waals surface area contributed by atoms with Crippen LogP contribution in [0.4, 0.5) is 0 Å². The van der Waals surface area contributed by atoms with Gasteiger partial charge in [0.25, 0.3) is 0 Å². The smallest absolute Gasteiger partial charge is 0.0556 e. The summed E-state index contributed by atoms with van der Waals surface area (Å²) in [5.74, 6) is 0. The predicted octanol–water partition coefficient (Wildman–Crippen LogP) is 3.05. The first kappa shape index (κ1) is 12.4. The summed E-state index contributed by atoms with van der Waals surface area (Å²) in [6.07, 6.45) is 10.7. The Morgan fingerprint density at radius 3 is 3.00 bits per heavy atom. The molecule has 0 bridgehead atoms. The van der Waals surface area contributed by atoms with Crippen LogP contribution in [0.2, 0.25) is 0 Å². The van der Waals surface area contributed by atoms with Crippen LogP contribution in [0.15, 0.2) is 23.9 Å². The van der Waals surface area contributed by atoms with Crippen molar-refractivity contribution in [2.45, 2.75) is 51.6 Å². The van der Waals surface area contributed by atoms with Gasteiger partial charge in [-0.3, -0.25) is 4.68 Å². The Morgan fingerprint density at radius 2 is 2.35 bits per heavy atom. The van der Waals surface area contributed by atoms with Gasteiger partial charge in [-0.05, 0) is 52.1 Å². The molecule has 0 spiro atoms. The summed E-state index contributed by atoms with van der Waals surface area (Å²) in [6.45, 7) is 3.09. The molecule has 17 heavy (non-hydrogen) atoms. The first-order chi connectivity index (χ1) is 8.35. The molecule has 2 rings (SSSR count). The van der Waals surface area contributed by atoms with Gasteiger partial charge in [-0.15, -0.1) is 0 Å². The highest BCUT2D eigenvalue weighted by molar-refractivity contribution is 5.14. The Bertz CT molecular complexity index is 379. The maximum Gasteiger partial charge on any atom is 0.0556 e. The van der Waals surface area contributed by atoms with E-state index in [9.17, 15) is 0 Å². The lowest BCUT2D eigenvalue weighted by atomic mass is 9.93. The quantitative estimate of drug-likeness (QED) is 0.792. The summed E-state index contributed by atoms with van der Waals surface area (Å²) < 4.78 is 2.09. The van der Waals surface area contributed by atoms with E-state index >= 15 is 0 Å². The van der Waals surface area contributed by atoms with Gasteiger partial charge in [0.2, 0.25) is 0 Å². The maximum atomic E-state index is 4.35. The number of aromatic nitrogens is 2. The fourth-order valence-electron chi connectivity index (χ4n) is 2.61. The van der Waals surface area contributed by atoms with E-state index in [4.69, 9.17) is 0 Å². The highest BCUT2D eigenvalue weighted by Crippen LogP contribution is 2.27. The number of allylic oxidation sites excluding steroid dienone is 1. The molecule has 0 fully saturated rings. The Labute approximate surface area is 104 Å². The molecule has 0 saturated carbocycles. The lowest BCUT2D eigenvalue weighted by Gasteiger charge is -2.21. The normalized spacial score (nSPS) is 17.9. The summed E-state index contributed by atoms with van der Waals surface area (Å²) in [7, 11) is 2.04. The highest BCUT2D eigenvalue weighted by atomic mass is 15.3. The fourth-order valence-corrected chi connectivity index (χ4v) is 2.61. The average molecular weight is 233 g/mol. The zero-order valence-electron chi connectivity index (χ0n) is 10.9. The molecule has 0 amide bonds. The van der Waals surface area contributed by atoms with Gasteiger partial charge in [0.1, 0.15) is 0 Å². The van der Waals surface area contributed by atoms with Gasteiger partial charge in [0.05, 0.1) is 11.7 Å². The summed E-state index contributed by atoms with van der Waals surface area (Å²) in [5, 5.41) is 7.78. The van der Waals surface area contributed by atoms with Crippen LogP contribution in [0.25, 0.3) is 0 Å². The first-order valence-electron chi connectivity index (χ1n) is 6.72. The van der Waals surface area contributed by atoms with Crippen LogP contribution in [0.3, 0.4) is 0 Å². The van der Waals surface area contributed by atoms with Crippen molar-refractivity contribution in [1.29, 1.82) is 0 Å². The summed E-state index contributed by atoms with van der Waals surface area (Å²) in [4.78, 5) is 0. The zero-order valence-corrected chi connectivity index (χ0v) is 10.9. The van der Waals surface area contributed by atoms with Gasteiger partial charge in [-0.1, -0.05) is 11.6 Å². The molecule has 0 aliphatic heterocycles. The standard InChI is InChI=1S/C14H23N3/c1-3-17-14(9-10-16-17)13(15-2)11-12-7-5-4-6-8-12/h7,9-10,13,15H,3-6,8,11H2,1-2H3. The van der Waals surface area contributed by atoms with E-state index in [1.807, 2.05) is 13.2 Å². The molecule has 0 aromatic carbocycles. The van der Waals surface area contributed by atoms with Crippen molar-refractivity contribution in [3.63, 3.8) is 0 Å². The second-order valence-corrected chi connectivity index (χ2v) is 4.73. The number of rotatable bonds is 5. The van der Waals surface area contributed by atoms with Crippen molar-refractivity contribution >= 4 is 0 Å². The molecule has 1 unspecified atom stereocenters. The van der Waals surface area contributed by atoms with Crippen LogP contribution in [-0.2, 0) is 6.54 Å². The largest absolute Gasteiger partial charge is 0.311 e. The molecule has 1 N–H and O–H groups in total. The maximum absolute atomic E-state index is 4.35. The molecule has 94 valence electrons. The van der Waals surface area contributed by atoms with E-state index in [-0.39, 0.29) is 0 Å². The van der Waals surface area contributed by atoms with Crippen molar-refractivity contribution in [2.75, 3.05) is 7.05 Å². The number of aryl methyl sites for hydroxylation is 1. The molecule has 1 heterocycles. The fraction of sp³-hybridized carbons (Fsp3) is 0.643. The molecular weight excluding hydrogens is 210 g/mol. The Balaban J connectivity index is 2.08. The molecule has 1 aromatic rings. The molecular formula is C14H23N3. The lowest BCUT2D eigenvalue weighted by Crippen LogP contribution is -2.21. The summed E-state index contributed by atoms with van der Waals surface area (Å²) in [5.41, 5.74) is 2.92. The monoisotopic (exact) mass is 233 g/mol. The predicted molar refractivity (Wildman–Crippen MR) is 70.9 cm³/mol. The Morgan fingerprint density at radius 1 is 1.47 bits per heavy atom. The second kappa shape index (κ2) is 6.01. The van der Waals surface area contributed by atoms with Gasteiger partial charge in [0, 0.05) is 12.7 Å². The van der Waals surface area contributed by atoms with Crippen LogP contribution >= 0.6 is 0 Å². The lowest BCUT2D eigenvalue weighted by molar-refractivity contribution is 0.500. The van der Waals surface area contributed by atoms with Gasteiger partial charge >= 0.3 is 0 Å². The van der Waals surface area contributed by atoms with Gasteiger partial charge in [-0.2, -0.15) is 5.10 Å². The topological polar surface area (TPSA) is 29.9 Å². The molecule has 1 aliphatic carbocycles. The van der Waals surface area contributed by atoms with E-state index in [1.54, 1.807) is 5.57 Å². The van der Waals surface area contributed by atoms with Crippen molar-refractivity contribution in [1.82, 2.24) is 15.1 Å². The molecule has 1 atom stereocenters. The summed E-state index contributed by atoms with van der Waals surface area (Å²) >= 11 is 0. The Hall–Kier alpha value is -1.09. The molecule has 1 aliphatic rings. The summed E-state index contributed by atoms with van der Waals surface area (Å²) in [6, 6.07) is 2.54. The van der Waals surface area contributed by atoms with E-state index in [0.29, 0.717) is 6.04 Å². The number of nitrogens with one attached hydrogen (secondary N) is 1. The minimum absolute atomic E-state index is 0.404. The Kier molecular flexibility index (Phi) is 4.37. The number of hydrogen-bond donors (Lipinski definition) is 1. The zero-order chi connectivity index (χ0) is 12.1. The van der Waals surface area contributed by atoms with Gasteiger partial charge in [0.15, 0.2) is 0 Å². The third-order valence-electron chi connectivity index (χ3n) is 3.61. The van der Waals surface area contributed by atoms with E-state index in [0.717, 1.165) is 13.0 Å².